The monoisotopic (exact) mass is 434 g/mol. The van der Waals surface area contributed by atoms with Gasteiger partial charge in [0, 0.05) is 12.1 Å². The highest BCUT2D eigenvalue weighted by molar-refractivity contribution is 6.32. The van der Waals surface area contributed by atoms with Gasteiger partial charge in [0.2, 0.25) is 0 Å². The molecule has 0 saturated carbocycles. The second-order valence-electron chi connectivity index (χ2n) is 6.91. The lowest BCUT2D eigenvalue weighted by molar-refractivity contribution is -0.385. The van der Waals surface area contributed by atoms with Gasteiger partial charge in [0.25, 0.3) is 11.6 Å². The highest BCUT2D eigenvalue weighted by Gasteiger charge is 2.34. The first kappa shape index (κ1) is 20.8. The van der Waals surface area contributed by atoms with Gasteiger partial charge in [-0.3, -0.25) is 20.3 Å². The van der Waals surface area contributed by atoms with Crippen LogP contribution in [0.3, 0.4) is 0 Å². The molecule has 32 heavy (non-hydrogen) atoms. The van der Waals surface area contributed by atoms with E-state index < -0.39 is 10.8 Å². The molecule has 1 N–H and O–H groups in total. The maximum Gasteiger partial charge on any atom is 0.282 e. The molecule has 0 unspecified atom stereocenters. The molecule has 0 spiro atoms. The van der Waals surface area contributed by atoms with E-state index in [4.69, 9.17) is 19.7 Å². The van der Waals surface area contributed by atoms with Crippen LogP contribution in [-0.4, -0.2) is 34.7 Å². The van der Waals surface area contributed by atoms with Crippen molar-refractivity contribution in [2.75, 3.05) is 7.11 Å². The van der Waals surface area contributed by atoms with E-state index in [-0.39, 0.29) is 29.5 Å². The molecular weight excluding hydrogens is 416 g/mol. The number of methoxy groups -OCH3 is 1. The van der Waals surface area contributed by atoms with Gasteiger partial charge in [0.1, 0.15) is 12.4 Å². The number of nitrogens with one attached hydrogen (secondary N) is 1. The number of ether oxygens (including phenoxy) is 2. The minimum absolute atomic E-state index is 0.0206. The van der Waals surface area contributed by atoms with E-state index in [2.05, 4.69) is 4.99 Å². The zero-order valence-electron chi connectivity index (χ0n) is 17.2. The van der Waals surface area contributed by atoms with Gasteiger partial charge in [0.05, 0.1) is 23.2 Å². The summed E-state index contributed by atoms with van der Waals surface area (Å²) in [7, 11) is 1.46. The molecule has 2 aromatic carbocycles. The summed E-state index contributed by atoms with van der Waals surface area (Å²) in [4.78, 5) is 32.5. The third-order valence-corrected chi connectivity index (χ3v) is 4.75. The molecule has 4 rings (SSSR count). The first-order valence-corrected chi connectivity index (χ1v) is 9.50. The largest absolute Gasteiger partial charge is 0.493 e. The summed E-state index contributed by atoms with van der Waals surface area (Å²) in [6, 6.07) is 11.3. The van der Waals surface area contributed by atoms with Crippen LogP contribution in [0.4, 0.5) is 5.69 Å². The number of nitro benzene ring substituents is 1. The molecule has 0 saturated heterocycles. The first-order chi connectivity index (χ1) is 15.4. The number of nitro groups is 1. The Morgan fingerprint density at radius 1 is 1.25 bits per heavy atom. The Balaban J connectivity index is 1.56. The van der Waals surface area contributed by atoms with E-state index in [0.29, 0.717) is 28.4 Å². The van der Waals surface area contributed by atoms with Gasteiger partial charge in [-0.1, -0.05) is 18.2 Å². The van der Waals surface area contributed by atoms with Crippen molar-refractivity contribution in [2.45, 2.75) is 13.5 Å². The number of aliphatic imine (C=N–C) groups is 1. The van der Waals surface area contributed by atoms with Gasteiger partial charge in [-0.2, -0.15) is 4.99 Å². The molecule has 2 heterocycles. The second-order valence-corrected chi connectivity index (χ2v) is 6.91. The summed E-state index contributed by atoms with van der Waals surface area (Å²) in [5, 5.41) is 20.7. The van der Waals surface area contributed by atoms with Crippen LogP contribution in [0, 0.1) is 15.5 Å². The fourth-order valence-corrected chi connectivity index (χ4v) is 3.23. The molecule has 2 aliphatic rings. The van der Waals surface area contributed by atoms with Crippen molar-refractivity contribution in [3.8, 4) is 11.5 Å². The normalized spacial score (nSPS) is 16.3. The van der Waals surface area contributed by atoms with Gasteiger partial charge >= 0.3 is 0 Å². The van der Waals surface area contributed by atoms with Crippen molar-refractivity contribution >= 4 is 29.3 Å². The molecule has 0 atom stereocenters. The quantitative estimate of drug-likeness (QED) is 0.418. The lowest BCUT2D eigenvalue weighted by Gasteiger charge is -2.23. The Kier molecular flexibility index (Phi) is 5.42. The fourth-order valence-electron chi connectivity index (χ4n) is 3.23. The molecular formula is C22H18N4O6. The minimum atomic E-state index is -0.550. The third kappa shape index (κ3) is 3.93. The van der Waals surface area contributed by atoms with Crippen LogP contribution in [0.5, 0.6) is 11.5 Å². The molecule has 0 bridgehead atoms. The summed E-state index contributed by atoms with van der Waals surface area (Å²) >= 11 is 0. The van der Waals surface area contributed by atoms with Crippen LogP contribution >= 0.6 is 0 Å². The van der Waals surface area contributed by atoms with E-state index in [9.17, 15) is 14.9 Å². The van der Waals surface area contributed by atoms with Crippen LogP contribution in [0.15, 0.2) is 64.9 Å². The van der Waals surface area contributed by atoms with Crippen LogP contribution in [-0.2, 0) is 16.2 Å². The first-order valence-electron chi connectivity index (χ1n) is 9.50. The van der Waals surface area contributed by atoms with Gasteiger partial charge in [0.15, 0.2) is 23.2 Å². The third-order valence-electron chi connectivity index (χ3n) is 4.75. The molecule has 0 aliphatic carbocycles. The summed E-state index contributed by atoms with van der Waals surface area (Å²) < 4.78 is 11.1. The second kappa shape index (κ2) is 8.34. The van der Waals surface area contributed by atoms with Gasteiger partial charge in [-0.05, 0) is 36.8 Å². The lowest BCUT2D eigenvalue weighted by Crippen LogP contribution is -2.38. The van der Waals surface area contributed by atoms with Gasteiger partial charge < -0.3 is 14.3 Å². The number of hydroxylamine groups is 2. The van der Waals surface area contributed by atoms with Crippen molar-refractivity contribution in [3.63, 3.8) is 0 Å². The van der Waals surface area contributed by atoms with E-state index in [1.54, 1.807) is 49.4 Å². The molecule has 0 fully saturated rings. The minimum Gasteiger partial charge on any atom is -0.493 e. The van der Waals surface area contributed by atoms with E-state index in [1.165, 1.54) is 24.3 Å². The Morgan fingerprint density at radius 2 is 2.03 bits per heavy atom. The standard InChI is InChI=1S/C22H18N4O6/c1-13-9-20-24-22(27)16(21(23)25(20)32-13)10-14-7-8-18(19(11-14)30-2)31-12-15-5-3-4-6-17(15)26(28)29/h3-11,23H,12H2,1-2H3/b16-10+,23-21?. The number of hydrogen-bond donors (Lipinski definition) is 1. The molecule has 0 aromatic heterocycles. The number of carbonyl (C=O) groups is 1. The zero-order valence-corrected chi connectivity index (χ0v) is 17.2. The Bertz CT molecular complexity index is 1230. The summed E-state index contributed by atoms with van der Waals surface area (Å²) in [6.45, 7) is 1.68. The lowest BCUT2D eigenvalue weighted by atomic mass is 10.1. The summed E-state index contributed by atoms with van der Waals surface area (Å²) in [6.07, 6.45) is 3.09. The number of nitrogens with zero attached hydrogens (tertiary/aromatic N) is 3. The van der Waals surface area contributed by atoms with E-state index in [0.717, 1.165) is 0 Å². The number of amidine groups is 2. The number of rotatable bonds is 6. The van der Waals surface area contributed by atoms with Gasteiger partial charge in [-0.15, -0.1) is 5.06 Å². The molecule has 2 aromatic rings. The predicted octanol–water partition coefficient (Wildman–Crippen LogP) is 3.63. The predicted molar refractivity (Wildman–Crippen MR) is 115 cm³/mol. The number of carbonyl (C=O) groups excluding carboxylic acids is 1. The average Bonchev–Trinajstić information content (AvgIpc) is 3.15. The number of amides is 1. The summed E-state index contributed by atoms with van der Waals surface area (Å²) in [5.74, 6) is 0.873. The van der Waals surface area contributed by atoms with Crippen LogP contribution < -0.4 is 9.47 Å². The topological polar surface area (TPSA) is 127 Å². The zero-order chi connectivity index (χ0) is 22.8. The number of allylic oxidation sites excluding steroid dienone is 1. The molecule has 162 valence electrons. The molecule has 10 heteroatoms. The number of hydrogen-bond acceptors (Lipinski definition) is 7. The van der Waals surface area contributed by atoms with Gasteiger partial charge in [-0.25, -0.2) is 0 Å². The maximum atomic E-state index is 12.4. The van der Waals surface area contributed by atoms with Crippen molar-refractivity contribution in [1.82, 2.24) is 5.06 Å². The van der Waals surface area contributed by atoms with E-state index >= 15 is 0 Å². The summed E-state index contributed by atoms with van der Waals surface area (Å²) in [5.41, 5.74) is 1.04. The van der Waals surface area contributed by atoms with Crippen molar-refractivity contribution in [2.24, 2.45) is 4.99 Å². The molecule has 10 nitrogen and oxygen atoms in total. The molecule has 1 amide bonds. The highest BCUT2D eigenvalue weighted by atomic mass is 16.7. The maximum absolute atomic E-state index is 12.4. The molecule has 0 radical (unpaired) electrons. The van der Waals surface area contributed by atoms with Crippen LogP contribution in [0.1, 0.15) is 18.1 Å². The fraction of sp³-hybridized carbons (Fsp3) is 0.136. The SMILES string of the molecule is COc1cc(/C=C2\C(=N)N3OC(C)=CC3=NC2=O)ccc1OCc1ccccc1[N+](=O)[O-]. The number of fused-ring (bicyclic) bond motifs is 1. The smallest absolute Gasteiger partial charge is 0.282 e. The van der Waals surface area contributed by atoms with Crippen LogP contribution in [0.2, 0.25) is 0 Å². The van der Waals surface area contributed by atoms with E-state index in [1.807, 2.05) is 0 Å². The van der Waals surface area contributed by atoms with Crippen molar-refractivity contribution < 1.29 is 24.0 Å². The van der Waals surface area contributed by atoms with Crippen molar-refractivity contribution in [3.05, 3.63) is 81.1 Å². The molecule has 2 aliphatic heterocycles. The number of para-hydroxylation sites is 1. The number of benzene rings is 2. The van der Waals surface area contributed by atoms with Crippen LogP contribution in [0.25, 0.3) is 6.08 Å². The Hall–Kier alpha value is -4.47. The average molecular weight is 434 g/mol. The highest BCUT2D eigenvalue weighted by Crippen LogP contribution is 2.31. The Morgan fingerprint density at radius 3 is 2.78 bits per heavy atom. The van der Waals surface area contributed by atoms with Crippen molar-refractivity contribution in [1.29, 1.82) is 5.41 Å². The Labute approximate surface area is 182 Å².